The average Bonchev–Trinajstić information content (AvgIpc) is 3.50. The van der Waals surface area contributed by atoms with E-state index < -0.39 is 5.54 Å². The van der Waals surface area contributed by atoms with Crippen LogP contribution in [0.5, 0.6) is 0 Å². The number of nitrogens with zero attached hydrogens (tertiary/aromatic N) is 2. The summed E-state index contributed by atoms with van der Waals surface area (Å²) in [5.74, 6) is -0.384. The first-order valence-corrected chi connectivity index (χ1v) is 10.6. The van der Waals surface area contributed by atoms with Crippen LogP contribution in [0.25, 0.3) is 11.1 Å². The van der Waals surface area contributed by atoms with Crippen LogP contribution in [0.2, 0.25) is 0 Å². The molecule has 3 fully saturated rings. The van der Waals surface area contributed by atoms with E-state index in [4.69, 9.17) is 0 Å². The maximum Gasteiger partial charge on any atom is 0.255 e. The number of carbonyl (C=O) groups is 2. The van der Waals surface area contributed by atoms with Crippen molar-refractivity contribution < 1.29 is 14.0 Å². The van der Waals surface area contributed by atoms with Crippen molar-refractivity contribution in [1.82, 2.24) is 9.80 Å². The molecule has 3 aliphatic rings. The molecule has 150 valence electrons. The molecule has 1 unspecified atom stereocenters. The summed E-state index contributed by atoms with van der Waals surface area (Å²) in [4.78, 5) is 31.0. The summed E-state index contributed by atoms with van der Waals surface area (Å²) in [7, 11) is 0. The lowest BCUT2D eigenvalue weighted by Crippen LogP contribution is -2.61. The van der Waals surface area contributed by atoms with Crippen molar-refractivity contribution in [3.8, 4) is 11.1 Å². The third kappa shape index (κ3) is 2.95. The molecule has 2 saturated heterocycles. The number of hydrogen-bond acceptors (Lipinski definition) is 2. The van der Waals surface area contributed by atoms with Crippen molar-refractivity contribution in [3.05, 3.63) is 59.9 Å². The molecule has 5 heteroatoms. The van der Waals surface area contributed by atoms with E-state index in [9.17, 15) is 14.0 Å². The Hall–Kier alpha value is -2.69. The van der Waals surface area contributed by atoms with Crippen molar-refractivity contribution in [2.45, 2.75) is 50.1 Å². The highest BCUT2D eigenvalue weighted by Crippen LogP contribution is 2.43. The fourth-order valence-electron chi connectivity index (χ4n) is 5.14. The summed E-state index contributed by atoms with van der Waals surface area (Å²) in [5.41, 5.74) is 0.745. The molecule has 1 atom stereocenters. The van der Waals surface area contributed by atoms with Gasteiger partial charge in [-0.1, -0.05) is 36.4 Å². The molecular formula is C24H25FN2O2. The van der Waals surface area contributed by atoms with Gasteiger partial charge in [0, 0.05) is 30.3 Å². The summed E-state index contributed by atoms with van der Waals surface area (Å²) in [5, 5.41) is 0. The molecule has 2 heterocycles. The number of benzene rings is 2. The largest absolute Gasteiger partial charge is 0.338 e. The summed E-state index contributed by atoms with van der Waals surface area (Å²) in [6, 6.07) is 14.0. The summed E-state index contributed by atoms with van der Waals surface area (Å²) in [6.45, 7) is 1.38. The van der Waals surface area contributed by atoms with Gasteiger partial charge >= 0.3 is 0 Å². The lowest BCUT2D eigenvalue weighted by atomic mass is 9.84. The molecule has 1 spiro atoms. The summed E-state index contributed by atoms with van der Waals surface area (Å²) >= 11 is 0. The Morgan fingerprint density at radius 1 is 0.931 bits per heavy atom. The molecule has 0 N–H and O–H groups in total. The van der Waals surface area contributed by atoms with Crippen molar-refractivity contribution >= 4 is 11.8 Å². The van der Waals surface area contributed by atoms with Gasteiger partial charge in [0.25, 0.3) is 5.91 Å². The first-order chi connectivity index (χ1) is 14.1. The van der Waals surface area contributed by atoms with Crippen molar-refractivity contribution in [3.63, 3.8) is 0 Å². The molecule has 2 aromatic carbocycles. The van der Waals surface area contributed by atoms with E-state index in [2.05, 4.69) is 0 Å². The zero-order chi connectivity index (χ0) is 20.0. The number of hydrogen-bond donors (Lipinski definition) is 0. The van der Waals surface area contributed by atoms with Gasteiger partial charge in [-0.25, -0.2) is 4.39 Å². The van der Waals surface area contributed by atoms with Crippen LogP contribution >= 0.6 is 0 Å². The van der Waals surface area contributed by atoms with Crippen LogP contribution in [-0.2, 0) is 4.79 Å². The van der Waals surface area contributed by atoms with Gasteiger partial charge < -0.3 is 9.80 Å². The highest BCUT2D eigenvalue weighted by Gasteiger charge is 2.54. The topological polar surface area (TPSA) is 40.6 Å². The van der Waals surface area contributed by atoms with Crippen LogP contribution in [0.1, 0.15) is 48.9 Å². The third-order valence-electron chi connectivity index (χ3n) is 6.69. The first kappa shape index (κ1) is 18.3. The lowest BCUT2D eigenvalue weighted by Gasteiger charge is -2.45. The normalized spacial score (nSPS) is 24.4. The van der Waals surface area contributed by atoms with Gasteiger partial charge in [-0.2, -0.15) is 0 Å². The minimum Gasteiger partial charge on any atom is -0.338 e. The average molecular weight is 392 g/mol. The highest BCUT2D eigenvalue weighted by molar-refractivity contribution is 6.04. The number of piperidine rings is 1. The van der Waals surface area contributed by atoms with Crippen LogP contribution in [0.15, 0.2) is 48.5 Å². The maximum absolute atomic E-state index is 14.5. The van der Waals surface area contributed by atoms with E-state index in [1.807, 2.05) is 11.0 Å². The van der Waals surface area contributed by atoms with Gasteiger partial charge in [0.1, 0.15) is 11.4 Å². The Labute approximate surface area is 170 Å². The van der Waals surface area contributed by atoms with E-state index in [0.717, 1.165) is 45.1 Å². The minimum atomic E-state index is -0.722. The molecule has 1 aliphatic carbocycles. The van der Waals surface area contributed by atoms with E-state index in [1.54, 1.807) is 41.3 Å². The molecule has 2 aliphatic heterocycles. The molecule has 2 aromatic rings. The molecule has 0 aromatic heterocycles. The minimum absolute atomic E-state index is 0.125. The standard InChI is InChI=1S/C24H25FN2O2/c25-21-10-4-3-8-19(21)18-7-1-2-9-20(18)22(28)27-16-6-14-24(27)13-5-15-26(23(24)29)17-11-12-17/h1-4,7-10,17H,5-6,11-16H2. The second-order valence-corrected chi connectivity index (χ2v) is 8.45. The Morgan fingerprint density at radius 2 is 1.59 bits per heavy atom. The Kier molecular flexibility index (Phi) is 4.41. The van der Waals surface area contributed by atoms with Crippen molar-refractivity contribution in [2.75, 3.05) is 13.1 Å². The number of likely N-dealkylation sites (tertiary alicyclic amines) is 2. The van der Waals surface area contributed by atoms with Crippen LogP contribution in [0.4, 0.5) is 4.39 Å². The maximum atomic E-state index is 14.5. The van der Waals surface area contributed by atoms with E-state index in [1.165, 1.54) is 6.07 Å². The van der Waals surface area contributed by atoms with Gasteiger partial charge in [-0.3, -0.25) is 9.59 Å². The predicted octanol–water partition coefficient (Wildman–Crippen LogP) is 4.25. The molecule has 5 rings (SSSR count). The van der Waals surface area contributed by atoms with Crippen LogP contribution < -0.4 is 0 Å². The number of halogens is 1. The monoisotopic (exact) mass is 392 g/mol. The second kappa shape index (κ2) is 6.97. The van der Waals surface area contributed by atoms with Crippen LogP contribution in [0.3, 0.4) is 0 Å². The van der Waals surface area contributed by atoms with E-state index >= 15 is 0 Å². The lowest BCUT2D eigenvalue weighted by molar-refractivity contribution is -0.146. The van der Waals surface area contributed by atoms with Gasteiger partial charge in [-0.15, -0.1) is 0 Å². The third-order valence-corrected chi connectivity index (χ3v) is 6.69. The summed E-state index contributed by atoms with van der Waals surface area (Å²) < 4.78 is 14.5. The number of rotatable bonds is 3. The SMILES string of the molecule is O=C(c1ccccc1-c1ccccc1F)N1CCCC12CCCN(C1CC1)C2=O. The van der Waals surface area contributed by atoms with Crippen LogP contribution in [0, 0.1) is 5.82 Å². The Morgan fingerprint density at radius 3 is 2.31 bits per heavy atom. The molecule has 0 radical (unpaired) electrons. The zero-order valence-corrected chi connectivity index (χ0v) is 16.4. The highest BCUT2D eigenvalue weighted by atomic mass is 19.1. The summed E-state index contributed by atoms with van der Waals surface area (Å²) in [6.07, 6.45) is 5.36. The fraction of sp³-hybridized carbons (Fsp3) is 0.417. The molecule has 1 saturated carbocycles. The number of carbonyl (C=O) groups excluding carboxylic acids is 2. The Balaban J connectivity index is 1.53. The van der Waals surface area contributed by atoms with Crippen LogP contribution in [-0.4, -0.2) is 46.3 Å². The fourth-order valence-corrected chi connectivity index (χ4v) is 5.14. The molecule has 2 amide bonds. The van der Waals surface area contributed by atoms with Gasteiger partial charge in [0.05, 0.1) is 0 Å². The first-order valence-electron chi connectivity index (χ1n) is 10.6. The number of amides is 2. The van der Waals surface area contributed by atoms with Crippen molar-refractivity contribution in [2.24, 2.45) is 0 Å². The van der Waals surface area contributed by atoms with Crippen molar-refractivity contribution in [1.29, 1.82) is 0 Å². The second-order valence-electron chi connectivity index (χ2n) is 8.45. The van der Waals surface area contributed by atoms with E-state index in [0.29, 0.717) is 29.3 Å². The Bertz CT molecular complexity index is 971. The molecule has 0 bridgehead atoms. The smallest absolute Gasteiger partial charge is 0.255 e. The van der Waals surface area contributed by atoms with Gasteiger partial charge in [-0.05, 0) is 56.2 Å². The predicted molar refractivity (Wildman–Crippen MR) is 109 cm³/mol. The molecule has 4 nitrogen and oxygen atoms in total. The molecular weight excluding hydrogens is 367 g/mol. The van der Waals surface area contributed by atoms with Gasteiger partial charge in [0.2, 0.25) is 5.91 Å². The van der Waals surface area contributed by atoms with Gasteiger partial charge in [0.15, 0.2) is 0 Å². The molecule has 29 heavy (non-hydrogen) atoms. The van der Waals surface area contributed by atoms with E-state index in [-0.39, 0.29) is 17.6 Å². The quantitative estimate of drug-likeness (QED) is 0.783. The zero-order valence-electron chi connectivity index (χ0n) is 16.4.